The van der Waals surface area contributed by atoms with Gasteiger partial charge in [-0.3, -0.25) is 14.3 Å². The number of amides is 2. The topological polar surface area (TPSA) is 114 Å². The molecular formula is C23H22ClN3O5S. The van der Waals surface area contributed by atoms with E-state index in [1.54, 1.807) is 12.1 Å². The Labute approximate surface area is 197 Å². The first-order valence-corrected chi connectivity index (χ1v) is 11.7. The Bertz CT molecular complexity index is 1230. The second-order valence-electron chi connectivity index (χ2n) is 6.97. The minimum absolute atomic E-state index is 0.102. The minimum atomic E-state index is -4.03. The van der Waals surface area contributed by atoms with Crippen LogP contribution in [0.15, 0.2) is 77.7 Å². The minimum Gasteiger partial charge on any atom is -0.495 e. The number of nitrogens with one attached hydrogen (secondary N) is 3. The first-order valence-electron chi connectivity index (χ1n) is 9.84. The van der Waals surface area contributed by atoms with E-state index in [0.717, 1.165) is 5.56 Å². The molecule has 0 saturated heterocycles. The standard InChI is InChI=1S/C23H22ClN3O5S/c1-32-20-12-11-19(14-21(20)33(30,31)27-18-9-7-17(24)8-10-18)26-23(29)15-25-22(28)13-16-5-3-2-4-6-16/h2-12,14,27H,13,15H2,1H3,(H,25,28)(H,26,29). The van der Waals surface area contributed by atoms with Crippen LogP contribution in [0.5, 0.6) is 5.75 Å². The highest BCUT2D eigenvalue weighted by Crippen LogP contribution is 2.29. The number of hydrogen-bond acceptors (Lipinski definition) is 5. The number of benzene rings is 3. The number of hydrogen-bond donors (Lipinski definition) is 3. The van der Waals surface area contributed by atoms with Crippen LogP contribution in [-0.4, -0.2) is 33.9 Å². The van der Waals surface area contributed by atoms with Gasteiger partial charge in [-0.05, 0) is 48.0 Å². The van der Waals surface area contributed by atoms with E-state index in [2.05, 4.69) is 15.4 Å². The number of anilines is 2. The molecule has 3 aromatic carbocycles. The first kappa shape index (κ1) is 24.1. The Morgan fingerprint density at radius 1 is 0.909 bits per heavy atom. The molecule has 0 saturated carbocycles. The molecule has 3 aromatic rings. The average Bonchev–Trinajstić information content (AvgIpc) is 2.80. The van der Waals surface area contributed by atoms with Crippen molar-refractivity contribution in [3.63, 3.8) is 0 Å². The number of carbonyl (C=O) groups excluding carboxylic acids is 2. The Morgan fingerprint density at radius 3 is 2.24 bits per heavy atom. The van der Waals surface area contributed by atoms with Gasteiger partial charge in [0.15, 0.2) is 0 Å². The Kier molecular flexibility index (Phi) is 7.92. The quantitative estimate of drug-likeness (QED) is 0.428. The molecule has 0 radical (unpaired) electrons. The van der Waals surface area contributed by atoms with Gasteiger partial charge < -0.3 is 15.4 Å². The van der Waals surface area contributed by atoms with Gasteiger partial charge in [-0.1, -0.05) is 41.9 Å². The van der Waals surface area contributed by atoms with E-state index in [4.69, 9.17) is 16.3 Å². The average molecular weight is 488 g/mol. The molecule has 0 spiro atoms. The number of rotatable bonds is 9. The molecule has 0 fully saturated rings. The lowest BCUT2D eigenvalue weighted by Crippen LogP contribution is -2.33. The lowest BCUT2D eigenvalue weighted by Gasteiger charge is -2.14. The van der Waals surface area contributed by atoms with Gasteiger partial charge in [0.25, 0.3) is 10.0 Å². The van der Waals surface area contributed by atoms with Gasteiger partial charge in [0.05, 0.1) is 20.1 Å². The fourth-order valence-electron chi connectivity index (χ4n) is 2.92. The van der Waals surface area contributed by atoms with Crippen LogP contribution in [0.4, 0.5) is 11.4 Å². The zero-order chi connectivity index (χ0) is 23.8. The molecule has 0 heterocycles. The molecule has 0 aliphatic rings. The molecule has 2 amide bonds. The molecule has 0 atom stereocenters. The number of ether oxygens (including phenoxy) is 1. The zero-order valence-corrected chi connectivity index (χ0v) is 19.2. The van der Waals surface area contributed by atoms with Crippen molar-refractivity contribution in [3.05, 3.63) is 83.4 Å². The second-order valence-corrected chi connectivity index (χ2v) is 9.05. The third-order valence-corrected chi connectivity index (χ3v) is 6.14. The maximum absolute atomic E-state index is 12.9. The van der Waals surface area contributed by atoms with E-state index < -0.39 is 15.9 Å². The van der Waals surface area contributed by atoms with E-state index in [1.165, 1.54) is 37.4 Å². The maximum atomic E-state index is 12.9. The predicted octanol–water partition coefficient (Wildman–Crippen LogP) is 3.45. The summed E-state index contributed by atoms with van der Waals surface area (Å²) in [6, 6.07) is 19.5. The largest absolute Gasteiger partial charge is 0.495 e. The number of methoxy groups -OCH3 is 1. The molecule has 0 aliphatic carbocycles. The number of carbonyl (C=O) groups is 2. The van der Waals surface area contributed by atoms with Crippen molar-refractivity contribution in [2.75, 3.05) is 23.7 Å². The SMILES string of the molecule is COc1ccc(NC(=O)CNC(=O)Cc2ccccc2)cc1S(=O)(=O)Nc1ccc(Cl)cc1. The molecule has 33 heavy (non-hydrogen) atoms. The lowest BCUT2D eigenvalue weighted by molar-refractivity contribution is -0.123. The van der Waals surface area contributed by atoms with Gasteiger partial charge in [-0.2, -0.15) is 0 Å². The van der Waals surface area contributed by atoms with Gasteiger partial charge in [0.1, 0.15) is 10.6 Å². The molecule has 0 aromatic heterocycles. The Morgan fingerprint density at radius 2 is 1.58 bits per heavy atom. The summed E-state index contributed by atoms with van der Waals surface area (Å²) in [7, 11) is -2.68. The summed E-state index contributed by atoms with van der Waals surface area (Å²) < 4.78 is 33.4. The normalized spacial score (nSPS) is 10.8. The van der Waals surface area contributed by atoms with Crippen LogP contribution in [0.3, 0.4) is 0 Å². The molecule has 0 unspecified atom stereocenters. The van der Waals surface area contributed by atoms with E-state index in [0.29, 0.717) is 10.7 Å². The predicted molar refractivity (Wildman–Crippen MR) is 127 cm³/mol. The Balaban J connectivity index is 1.66. The molecule has 172 valence electrons. The molecule has 3 rings (SSSR count). The third-order valence-electron chi connectivity index (χ3n) is 4.49. The number of halogens is 1. The van der Waals surface area contributed by atoms with Crippen LogP contribution < -0.4 is 20.1 Å². The van der Waals surface area contributed by atoms with Crippen molar-refractivity contribution in [2.45, 2.75) is 11.3 Å². The van der Waals surface area contributed by atoms with Crippen LogP contribution in [0.25, 0.3) is 0 Å². The summed E-state index contributed by atoms with van der Waals surface area (Å²) >= 11 is 5.84. The zero-order valence-electron chi connectivity index (χ0n) is 17.7. The second kappa shape index (κ2) is 10.8. The van der Waals surface area contributed by atoms with Gasteiger partial charge >= 0.3 is 0 Å². The molecule has 10 heteroatoms. The fraction of sp³-hybridized carbons (Fsp3) is 0.130. The van der Waals surface area contributed by atoms with E-state index in [9.17, 15) is 18.0 Å². The molecule has 3 N–H and O–H groups in total. The molecular weight excluding hydrogens is 466 g/mol. The molecule has 0 bridgehead atoms. The van der Waals surface area contributed by atoms with Crippen molar-refractivity contribution in [1.82, 2.24) is 5.32 Å². The summed E-state index contributed by atoms with van der Waals surface area (Å²) in [6.45, 7) is -0.261. The first-order chi connectivity index (χ1) is 15.8. The summed E-state index contributed by atoms with van der Waals surface area (Å²) in [4.78, 5) is 24.1. The van der Waals surface area contributed by atoms with Crippen molar-refractivity contribution in [3.8, 4) is 5.75 Å². The summed E-state index contributed by atoms with van der Waals surface area (Å²) in [5, 5.41) is 5.58. The highest BCUT2D eigenvalue weighted by atomic mass is 35.5. The monoisotopic (exact) mass is 487 g/mol. The third kappa shape index (κ3) is 6.96. The lowest BCUT2D eigenvalue weighted by atomic mass is 10.1. The summed E-state index contributed by atoms with van der Waals surface area (Å²) in [5.41, 5.74) is 1.38. The fourth-order valence-corrected chi connectivity index (χ4v) is 4.30. The van der Waals surface area contributed by atoms with Gasteiger partial charge in [0, 0.05) is 16.4 Å². The van der Waals surface area contributed by atoms with Gasteiger partial charge in [-0.25, -0.2) is 8.42 Å². The Hall–Kier alpha value is -3.56. The highest BCUT2D eigenvalue weighted by molar-refractivity contribution is 7.92. The van der Waals surface area contributed by atoms with Crippen LogP contribution in [0.2, 0.25) is 5.02 Å². The summed E-state index contributed by atoms with van der Waals surface area (Å²) in [6.07, 6.45) is 0.148. The smallest absolute Gasteiger partial charge is 0.265 e. The van der Waals surface area contributed by atoms with Crippen molar-refractivity contribution in [1.29, 1.82) is 0 Å². The molecule has 8 nitrogen and oxygen atoms in total. The maximum Gasteiger partial charge on any atom is 0.265 e. The van der Waals surface area contributed by atoms with Crippen molar-refractivity contribution >= 4 is 44.8 Å². The van der Waals surface area contributed by atoms with Gasteiger partial charge in [0.2, 0.25) is 11.8 Å². The van der Waals surface area contributed by atoms with Crippen LogP contribution >= 0.6 is 11.6 Å². The number of sulfonamides is 1. The van der Waals surface area contributed by atoms with Gasteiger partial charge in [-0.15, -0.1) is 0 Å². The van der Waals surface area contributed by atoms with Crippen LogP contribution in [0.1, 0.15) is 5.56 Å². The highest BCUT2D eigenvalue weighted by Gasteiger charge is 2.21. The van der Waals surface area contributed by atoms with E-state index in [-0.39, 0.29) is 35.2 Å². The van der Waals surface area contributed by atoms with Crippen molar-refractivity contribution in [2.24, 2.45) is 0 Å². The van der Waals surface area contributed by atoms with Crippen LogP contribution in [-0.2, 0) is 26.0 Å². The van der Waals surface area contributed by atoms with E-state index >= 15 is 0 Å². The van der Waals surface area contributed by atoms with Crippen molar-refractivity contribution < 1.29 is 22.7 Å². The molecule has 0 aliphatic heterocycles. The summed E-state index contributed by atoms with van der Waals surface area (Å²) in [5.74, 6) is -0.706. The van der Waals surface area contributed by atoms with Crippen LogP contribution in [0, 0.1) is 0 Å². The van der Waals surface area contributed by atoms with E-state index in [1.807, 2.05) is 30.3 Å².